The highest BCUT2D eigenvalue weighted by atomic mass is 19.1. The number of piperidine rings is 1. The van der Waals surface area contributed by atoms with Crippen molar-refractivity contribution < 1.29 is 13.9 Å². The van der Waals surface area contributed by atoms with Gasteiger partial charge in [0.1, 0.15) is 23.2 Å². The van der Waals surface area contributed by atoms with E-state index < -0.39 is 5.82 Å². The van der Waals surface area contributed by atoms with Crippen LogP contribution in [-0.4, -0.2) is 64.2 Å². The minimum atomic E-state index is -0.455. The van der Waals surface area contributed by atoms with Gasteiger partial charge in [-0.2, -0.15) is 5.10 Å². The molecule has 208 valence electrons. The smallest absolute Gasteiger partial charge is 0.168 e. The van der Waals surface area contributed by atoms with Crippen LogP contribution in [0, 0.1) is 5.82 Å². The molecule has 2 aliphatic heterocycles. The Morgan fingerprint density at radius 1 is 1.10 bits per heavy atom. The largest absolute Gasteiger partial charge is 0.496 e. The van der Waals surface area contributed by atoms with Crippen molar-refractivity contribution >= 4 is 17.3 Å². The van der Waals surface area contributed by atoms with Crippen LogP contribution in [0.25, 0.3) is 22.5 Å². The number of benzene rings is 1. The first-order valence-electron chi connectivity index (χ1n) is 13.6. The van der Waals surface area contributed by atoms with E-state index >= 15 is 0 Å². The van der Waals surface area contributed by atoms with Crippen molar-refractivity contribution in [2.24, 2.45) is 5.73 Å². The summed E-state index contributed by atoms with van der Waals surface area (Å²) in [5, 5.41) is 7.96. The van der Waals surface area contributed by atoms with Gasteiger partial charge in [0.25, 0.3) is 0 Å². The van der Waals surface area contributed by atoms with Gasteiger partial charge in [-0.1, -0.05) is 6.07 Å². The molecule has 0 saturated carbocycles. The Bertz CT molecular complexity index is 1470. The molecule has 4 aromatic rings. The lowest BCUT2D eigenvalue weighted by Gasteiger charge is -2.34. The number of methoxy groups -OCH3 is 1. The van der Waals surface area contributed by atoms with Crippen LogP contribution < -0.4 is 20.7 Å². The number of nitrogens with two attached hydrogens (primary N) is 1. The number of halogens is 1. The summed E-state index contributed by atoms with van der Waals surface area (Å²) in [7, 11) is 1.49. The van der Waals surface area contributed by atoms with Crippen LogP contribution in [0.2, 0.25) is 0 Å². The van der Waals surface area contributed by atoms with Crippen molar-refractivity contribution in [1.82, 2.24) is 24.7 Å². The van der Waals surface area contributed by atoms with Crippen molar-refractivity contribution in [2.45, 2.75) is 37.8 Å². The van der Waals surface area contributed by atoms with E-state index in [1.54, 1.807) is 24.4 Å². The van der Waals surface area contributed by atoms with Gasteiger partial charge in [0.2, 0.25) is 0 Å². The third-order valence-electron chi connectivity index (χ3n) is 7.49. The molecule has 0 amide bonds. The summed E-state index contributed by atoms with van der Waals surface area (Å²) in [5.74, 6) is 1.23. The first-order valence-corrected chi connectivity index (χ1v) is 13.6. The molecule has 5 heterocycles. The molecule has 2 saturated heterocycles. The zero-order chi connectivity index (χ0) is 27.5. The maximum Gasteiger partial charge on any atom is 0.168 e. The quantitative estimate of drug-likeness (QED) is 0.345. The number of rotatable bonds is 7. The summed E-state index contributed by atoms with van der Waals surface area (Å²) in [6.45, 7) is 3.18. The van der Waals surface area contributed by atoms with E-state index in [1.807, 2.05) is 18.5 Å². The normalized spacial score (nSPS) is 18.1. The van der Waals surface area contributed by atoms with E-state index in [0.717, 1.165) is 68.8 Å². The van der Waals surface area contributed by atoms with Crippen LogP contribution in [0.4, 0.5) is 21.7 Å². The number of hydrogen-bond acceptors (Lipinski definition) is 9. The molecule has 3 N–H and O–H groups in total. The van der Waals surface area contributed by atoms with Gasteiger partial charge >= 0.3 is 0 Å². The van der Waals surface area contributed by atoms with E-state index in [0.29, 0.717) is 23.4 Å². The van der Waals surface area contributed by atoms with Crippen LogP contribution in [0.1, 0.15) is 31.7 Å². The SMILES string of the molecule is COc1cccc(F)c1-c1nccc(Nc2cc(N3CCC[C@H](N)C3)c(-c3cnn(C4CCOCC4)c3)cn2)n1. The second-order valence-corrected chi connectivity index (χ2v) is 10.2. The van der Waals surface area contributed by atoms with Crippen LogP contribution in [0.3, 0.4) is 0 Å². The first kappa shape index (κ1) is 26.1. The highest BCUT2D eigenvalue weighted by Crippen LogP contribution is 2.36. The third kappa shape index (κ3) is 5.47. The molecule has 2 fully saturated rings. The van der Waals surface area contributed by atoms with Gasteiger partial charge in [-0.25, -0.2) is 19.3 Å². The highest BCUT2D eigenvalue weighted by molar-refractivity contribution is 5.80. The van der Waals surface area contributed by atoms with E-state index in [1.165, 1.54) is 13.2 Å². The Balaban J connectivity index is 1.32. The van der Waals surface area contributed by atoms with Crippen molar-refractivity contribution in [2.75, 3.05) is 43.6 Å². The number of pyridine rings is 1. The Kier molecular flexibility index (Phi) is 7.56. The molecule has 11 heteroatoms. The summed E-state index contributed by atoms with van der Waals surface area (Å²) < 4.78 is 27.6. The number of nitrogens with one attached hydrogen (secondary N) is 1. The summed E-state index contributed by atoms with van der Waals surface area (Å²) in [6, 6.07) is 8.82. The third-order valence-corrected chi connectivity index (χ3v) is 7.49. The summed E-state index contributed by atoms with van der Waals surface area (Å²) in [5.41, 5.74) is 9.61. The fourth-order valence-electron chi connectivity index (χ4n) is 5.42. The fourth-order valence-corrected chi connectivity index (χ4v) is 5.42. The van der Waals surface area contributed by atoms with Crippen molar-refractivity contribution in [3.8, 4) is 28.3 Å². The van der Waals surface area contributed by atoms with Gasteiger partial charge in [-0.15, -0.1) is 0 Å². The Hall–Kier alpha value is -4.09. The maximum absolute atomic E-state index is 14.7. The number of aromatic nitrogens is 5. The average Bonchev–Trinajstić information content (AvgIpc) is 3.48. The van der Waals surface area contributed by atoms with Gasteiger partial charge in [0.15, 0.2) is 5.82 Å². The molecule has 0 spiro atoms. The lowest BCUT2D eigenvalue weighted by molar-refractivity contribution is 0.0662. The van der Waals surface area contributed by atoms with Crippen molar-refractivity contribution in [3.05, 3.63) is 60.9 Å². The van der Waals surface area contributed by atoms with Gasteiger partial charge in [-0.05, 0) is 43.9 Å². The minimum Gasteiger partial charge on any atom is -0.496 e. The van der Waals surface area contributed by atoms with Crippen LogP contribution in [0.5, 0.6) is 5.75 Å². The van der Waals surface area contributed by atoms with Gasteiger partial charge in [-0.3, -0.25) is 4.68 Å². The summed E-state index contributed by atoms with van der Waals surface area (Å²) >= 11 is 0. The van der Waals surface area contributed by atoms with Crippen LogP contribution >= 0.6 is 0 Å². The first-order chi connectivity index (χ1) is 19.6. The Morgan fingerprint density at radius 3 is 2.80 bits per heavy atom. The maximum atomic E-state index is 14.7. The Morgan fingerprint density at radius 2 is 1.98 bits per heavy atom. The molecule has 0 aliphatic carbocycles. The molecule has 6 rings (SSSR count). The standard InChI is InChI=1S/C29H33FN8O2/c1-39-25-6-2-5-23(30)28(25)29-32-10-7-26(36-29)35-27-14-24(37-11-3-4-20(31)18-37)22(16-33-27)19-15-34-38(17-19)21-8-12-40-13-9-21/h2,5-7,10,14-17,20-21H,3-4,8-9,11-13,18,31H2,1H3,(H,32,33,35,36)/t20-/m0/s1. The van der Waals surface area contributed by atoms with E-state index in [2.05, 4.69) is 36.2 Å². The Labute approximate surface area is 232 Å². The molecule has 0 bridgehead atoms. The van der Waals surface area contributed by atoms with Gasteiger partial charge in [0, 0.05) is 73.8 Å². The molecule has 1 aromatic carbocycles. The average molecular weight is 545 g/mol. The zero-order valence-corrected chi connectivity index (χ0v) is 22.5. The molecule has 0 radical (unpaired) electrons. The number of hydrogen-bond donors (Lipinski definition) is 2. The molecule has 0 unspecified atom stereocenters. The molecular weight excluding hydrogens is 511 g/mol. The molecular formula is C29H33FN8O2. The molecule has 10 nitrogen and oxygen atoms in total. The molecule has 1 atom stereocenters. The van der Waals surface area contributed by atoms with E-state index in [-0.39, 0.29) is 17.4 Å². The molecule has 3 aromatic heterocycles. The van der Waals surface area contributed by atoms with Crippen LogP contribution in [0.15, 0.2) is 55.1 Å². The van der Waals surface area contributed by atoms with Gasteiger partial charge in [0.05, 0.1) is 24.9 Å². The molecule has 2 aliphatic rings. The van der Waals surface area contributed by atoms with Crippen LogP contribution in [-0.2, 0) is 4.74 Å². The lowest BCUT2D eigenvalue weighted by Crippen LogP contribution is -2.43. The second-order valence-electron chi connectivity index (χ2n) is 10.2. The summed E-state index contributed by atoms with van der Waals surface area (Å²) in [6.07, 6.45) is 11.4. The van der Waals surface area contributed by atoms with Crippen molar-refractivity contribution in [3.63, 3.8) is 0 Å². The second kappa shape index (κ2) is 11.6. The van der Waals surface area contributed by atoms with E-state index in [4.69, 9.17) is 20.2 Å². The zero-order valence-electron chi connectivity index (χ0n) is 22.5. The number of nitrogens with zero attached hydrogens (tertiary/aromatic N) is 6. The predicted molar refractivity (Wildman–Crippen MR) is 151 cm³/mol. The fraction of sp³-hybridized carbons (Fsp3) is 0.379. The minimum absolute atomic E-state index is 0.108. The topological polar surface area (TPSA) is 116 Å². The lowest BCUT2D eigenvalue weighted by atomic mass is 10.0. The monoisotopic (exact) mass is 544 g/mol. The van der Waals surface area contributed by atoms with E-state index in [9.17, 15) is 4.39 Å². The summed E-state index contributed by atoms with van der Waals surface area (Å²) in [4.78, 5) is 15.9. The van der Waals surface area contributed by atoms with Crippen molar-refractivity contribution in [1.29, 1.82) is 0 Å². The predicted octanol–water partition coefficient (Wildman–Crippen LogP) is 4.57. The highest BCUT2D eigenvalue weighted by Gasteiger charge is 2.23. The number of ether oxygens (including phenoxy) is 2. The number of anilines is 3. The van der Waals surface area contributed by atoms with Gasteiger partial charge < -0.3 is 25.4 Å². The molecule has 40 heavy (non-hydrogen) atoms.